The van der Waals surface area contributed by atoms with Crippen LogP contribution in [0.4, 0.5) is 0 Å². The first-order chi connectivity index (χ1) is 8.79. The van der Waals surface area contributed by atoms with Crippen LogP contribution in [0.1, 0.15) is 38.2 Å². The molecule has 0 spiro atoms. The predicted molar refractivity (Wildman–Crippen MR) is 75.8 cm³/mol. The summed E-state index contributed by atoms with van der Waals surface area (Å²) in [6.45, 7) is 5.19. The lowest BCUT2D eigenvalue weighted by atomic mass is 9.94. The number of hydrogen-bond acceptors (Lipinski definition) is 2. The van der Waals surface area contributed by atoms with Gasteiger partial charge in [-0.1, -0.05) is 30.3 Å². The lowest BCUT2D eigenvalue weighted by molar-refractivity contribution is 0.0286. The summed E-state index contributed by atoms with van der Waals surface area (Å²) in [6.07, 6.45) is 6.12. The summed E-state index contributed by atoms with van der Waals surface area (Å²) < 4.78 is 5.55. The van der Waals surface area contributed by atoms with Crippen LogP contribution in [0.25, 0.3) is 0 Å². The molecule has 1 aliphatic heterocycles. The maximum Gasteiger partial charge on any atom is 0.0645 e. The van der Waals surface area contributed by atoms with Crippen molar-refractivity contribution < 1.29 is 4.74 Å². The molecule has 1 aromatic carbocycles. The van der Waals surface area contributed by atoms with Gasteiger partial charge in [0.2, 0.25) is 0 Å². The third kappa shape index (κ3) is 4.43. The van der Waals surface area contributed by atoms with Crippen LogP contribution in [0.5, 0.6) is 0 Å². The first-order valence-corrected chi connectivity index (χ1v) is 7.15. The second-order valence-electron chi connectivity index (χ2n) is 5.59. The van der Waals surface area contributed by atoms with Gasteiger partial charge in [-0.05, 0) is 51.1 Å². The lowest BCUT2D eigenvalue weighted by Crippen LogP contribution is -2.49. The van der Waals surface area contributed by atoms with E-state index in [-0.39, 0.29) is 5.54 Å². The zero-order chi connectivity index (χ0) is 12.7. The van der Waals surface area contributed by atoms with Crippen molar-refractivity contribution in [2.24, 2.45) is 0 Å². The number of hydrogen-bond donors (Lipinski definition) is 1. The number of unbranched alkanes of at least 4 members (excludes halogenated alkanes) is 1. The second kappa shape index (κ2) is 6.91. The minimum Gasteiger partial charge on any atom is -0.380 e. The molecule has 1 heterocycles. The number of nitrogens with one attached hydrogen (secondary N) is 1. The molecule has 1 unspecified atom stereocenters. The van der Waals surface area contributed by atoms with E-state index in [1.54, 1.807) is 0 Å². The van der Waals surface area contributed by atoms with E-state index in [2.05, 4.69) is 42.6 Å². The molecule has 1 saturated heterocycles. The van der Waals surface area contributed by atoms with E-state index in [1.165, 1.54) is 37.7 Å². The van der Waals surface area contributed by atoms with Crippen molar-refractivity contribution in [3.8, 4) is 0 Å². The highest BCUT2D eigenvalue weighted by Gasteiger charge is 2.26. The first kappa shape index (κ1) is 13.6. The Hall–Kier alpha value is -0.860. The van der Waals surface area contributed by atoms with Crippen LogP contribution in [0.2, 0.25) is 0 Å². The van der Waals surface area contributed by atoms with Crippen LogP contribution in [-0.4, -0.2) is 25.3 Å². The summed E-state index contributed by atoms with van der Waals surface area (Å²) in [5, 5.41) is 3.66. The zero-order valence-corrected chi connectivity index (χ0v) is 11.5. The van der Waals surface area contributed by atoms with Crippen molar-refractivity contribution in [3.05, 3.63) is 35.9 Å². The molecule has 1 fully saturated rings. The molecule has 2 rings (SSSR count). The molecular weight excluding hydrogens is 222 g/mol. The van der Waals surface area contributed by atoms with Crippen molar-refractivity contribution >= 4 is 0 Å². The SMILES string of the molecule is CC1(NCCCCc2ccccc2)CCCOC1. The Morgan fingerprint density at radius 1 is 1.22 bits per heavy atom. The van der Waals surface area contributed by atoms with Crippen LogP contribution >= 0.6 is 0 Å². The maximum atomic E-state index is 5.55. The van der Waals surface area contributed by atoms with Crippen molar-refractivity contribution in [3.63, 3.8) is 0 Å². The van der Waals surface area contributed by atoms with E-state index in [9.17, 15) is 0 Å². The second-order valence-corrected chi connectivity index (χ2v) is 5.59. The Labute approximate surface area is 111 Å². The van der Waals surface area contributed by atoms with Crippen LogP contribution < -0.4 is 5.32 Å². The van der Waals surface area contributed by atoms with Crippen LogP contribution in [0, 0.1) is 0 Å². The van der Waals surface area contributed by atoms with Crippen molar-refractivity contribution in [1.29, 1.82) is 0 Å². The van der Waals surface area contributed by atoms with Gasteiger partial charge >= 0.3 is 0 Å². The van der Waals surface area contributed by atoms with Crippen molar-refractivity contribution in [2.45, 2.75) is 44.6 Å². The molecule has 18 heavy (non-hydrogen) atoms. The van der Waals surface area contributed by atoms with Gasteiger partial charge in [-0.15, -0.1) is 0 Å². The Morgan fingerprint density at radius 3 is 2.78 bits per heavy atom. The van der Waals surface area contributed by atoms with Gasteiger partial charge in [0.15, 0.2) is 0 Å². The molecule has 2 nitrogen and oxygen atoms in total. The van der Waals surface area contributed by atoms with Crippen molar-refractivity contribution in [2.75, 3.05) is 19.8 Å². The van der Waals surface area contributed by atoms with Gasteiger partial charge < -0.3 is 10.1 Å². The Morgan fingerprint density at radius 2 is 2.06 bits per heavy atom. The predicted octanol–water partition coefficient (Wildman–Crippen LogP) is 3.17. The highest BCUT2D eigenvalue weighted by molar-refractivity contribution is 5.14. The smallest absolute Gasteiger partial charge is 0.0645 e. The minimum absolute atomic E-state index is 0.213. The zero-order valence-electron chi connectivity index (χ0n) is 11.5. The van der Waals surface area contributed by atoms with Gasteiger partial charge in [0.05, 0.1) is 6.61 Å². The average molecular weight is 247 g/mol. The topological polar surface area (TPSA) is 21.3 Å². The Balaban J connectivity index is 1.58. The molecule has 1 N–H and O–H groups in total. The number of rotatable bonds is 6. The van der Waals surface area contributed by atoms with Crippen LogP contribution in [0.15, 0.2) is 30.3 Å². The summed E-state index contributed by atoms with van der Waals surface area (Å²) in [5.41, 5.74) is 1.66. The molecule has 1 atom stereocenters. The van der Waals surface area contributed by atoms with Gasteiger partial charge in [0.1, 0.15) is 0 Å². The molecule has 0 aliphatic carbocycles. The fraction of sp³-hybridized carbons (Fsp3) is 0.625. The monoisotopic (exact) mass is 247 g/mol. The van der Waals surface area contributed by atoms with E-state index in [1.807, 2.05) is 0 Å². The van der Waals surface area contributed by atoms with Crippen LogP contribution in [-0.2, 0) is 11.2 Å². The van der Waals surface area contributed by atoms with Crippen molar-refractivity contribution in [1.82, 2.24) is 5.32 Å². The third-order valence-corrected chi connectivity index (χ3v) is 3.72. The van der Waals surface area contributed by atoms with E-state index >= 15 is 0 Å². The quantitative estimate of drug-likeness (QED) is 0.780. The first-order valence-electron chi connectivity index (χ1n) is 7.15. The van der Waals surface area contributed by atoms with E-state index in [0.29, 0.717) is 0 Å². The highest BCUT2D eigenvalue weighted by Crippen LogP contribution is 2.18. The Kier molecular flexibility index (Phi) is 5.21. The minimum atomic E-state index is 0.213. The van der Waals surface area contributed by atoms with E-state index in [4.69, 9.17) is 4.74 Å². The standard InChI is InChI=1S/C16H25NO/c1-16(11-7-13-18-14-16)17-12-6-5-10-15-8-3-2-4-9-15/h2-4,8-9,17H,5-7,10-14H2,1H3. The largest absolute Gasteiger partial charge is 0.380 e. The van der Waals surface area contributed by atoms with Gasteiger partial charge in [-0.2, -0.15) is 0 Å². The average Bonchev–Trinajstić information content (AvgIpc) is 2.40. The molecule has 0 amide bonds. The van der Waals surface area contributed by atoms with Gasteiger partial charge in [0, 0.05) is 12.1 Å². The van der Waals surface area contributed by atoms with Crippen LogP contribution in [0.3, 0.4) is 0 Å². The maximum absolute atomic E-state index is 5.55. The van der Waals surface area contributed by atoms with E-state index < -0.39 is 0 Å². The van der Waals surface area contributed by atoms with Gasteiger partial charge in [0.25, 0.3) is 0 Å². The Bertz CT molecular complexity index is 330. The normalized spacial score (nSPS) is 24.1. The molecule has 100 valence electrons. The molecule has 0 saturated carbocycles. The fourth-order valence-electron chi connectivity index (χ4n) is 2.56. The molecule has 1 aliphatic rings. The summed E-state index contributed by atoms with van der Waals surface area (Å²) in [5.74, 6) is 0. The van der Waals surface area contributed by atoms with Gasteiger partial charge in [-0.3, -0.25) is 0 Å². The molecular formula is C16H25NO. The molecule has 0 bridgehead atoms. The molecule has 0 radical (unpaired) electrons. The number of benzene rings is 1. The summed E-state index contributed by atoms with van der Waals surface area (Å²) >= 11 is 0. The third-order valence-electron chi connectivity index (χ3n) is 3.72. The van der Waals surface area contributed by atoms with E-state index in [0.717, 1.165) is 19.8 Å². The number of aryl methyl sites for hydroxylation is 1. The lowest BCUT2D eigenvalue weighted by Gasteiger charge is -2.34. The summed E-state index contributed by atoms with van der Waals surface area (Å²) in [4.78, 5) is 0. The number of ether oxygens (including phenoxy) is 1. The molecule has 0 aromatic heterocycles. The molecule has 2 heteroatoms. The summed E-state index contributed by atoms with van der Waals surface area (Å²) in [7, 11) is 0. The summed E-state index contributed by atoms with van der Waals surface area (Å²) in [6, 6.07) is 10.7. The molecule has 1 aromatic rings. The highest BCUT2D eigenvalue weighted by atomic mass is 16.5. The van der Waals surface area contributed by atoms with Gasteiger partial charge in [-0.25, -0.2) is 0 Å². The fourth-order valence-corrected chi connectivity index (χ4v) is 2.56.